The van der Waals surface area contributed by atoms with Gasteiger partial charge in [0.2, 0.25) is 15.9 Å². The molecule has 1 amide bonds. The molecule has 224 valence electrons. The number of carbonyl (C=O) groups excluding carboxylic acids is 1. The van der Waals surface area contributed by atoms with E-state index >= 15 is 0 Å². The Labute approximate surface area is 268 Å². The summed E-state index contributed by atoms with van der Waals surface area (Å²) in [7, 11) is -3.88. The van der Waals surface area contributed by atoms with Crippen LogP contribution < -0.4 is 19.6 Å². The summed E-state index contributed by atoms with van der Waals surface area (Å²) in [6.45, 7) is 4.54. The minimum atomic E-state index is -3.88. The molecule has 2 N–H and O–H groups in total. The Morgan fingerprint density at radius 2 is 1.65 bits per heavy atom. The number of nitrogens with one attached hydrogen (secondary N) is 2. The van der Waals surface area contributed by atoms with Crippen LogP contribution in [0, 0.1) is 6.92 Å². The molecule has 0 saturated carbocycles. The molecule has 0 aliphatic rings. The van der Waals surface area contributed by atoms with Crippen LogP contribution in [-0.2, 0) is 21.4 Å². The van der Waals surface area contributed by atoms with Gasteiger partial charge in [-0.15, -0.1) is 0 Å². The van der Waals surface area contributed by atoms with Crippen LogP contribution in [0.15, 0.2) is 110 Å². The summed E-state index contributed by atoms with van der Waals surface area (Å²) in [4.78, 5) is 13.0. The molecule has 0 aromatic heterocycles. The molecule has 4 aromatic carbocycles. The van der Waals surface area contributed by atoms with Gasteiger partial charge in [0, 0.05) is 10.9 Å². The molecule has 0 radical (unpaired) electrons. The Morgan fingerprint density at radius 1 is 0.953 bits per heavy atom. The lowest BCUT2D eigenvalue weighted by molar-refractivity contribution is -0.121. The number of sulfonamides is 1. The Hall–Kier alpha value is -3.51. The number of aryl methyl sites for hydroxylation is 1. The molecule has 0 bridgehead atoms. The maximum Gasteiger partial charge on any atom is 0.242 e. The van der Waals surface area contributed by atoms with E-state index in [1.807, 2.05) is 44.2 Å². The van der Waals surface area contributed by atoms with Crippen molar-refractivity contribution >= 4 is 54.0 Å². The van der Waals surface area contributed by atoms with Crippen molar-refractivity contribution < 1.29 is 22.7 Å². The number of nitrogens with zero attached hydrogens (tertiary/aromatic N) is 1. The molecule has 0 spiro atoms. The lowest BCUT2D eigenvalue weighted by Crippen LogP contribution is -2.32. The average Bonchev–Trinajstić information content (AvgIpc) is 2.98. The van der Waals surface area contributed by atoms with Crippen molar-refractivity contribution in [1.82, 2.24) is 10.1 Å². The van der Waals surface area contributed by atoms with Gasteiger partial charge in [-0.2, -0.15) is 5.10 Å². The third-order valence-corrected chi connectivity index (χ3v) is 8.86. The van der Waals surface area contributed by atoms with E-state index in [4.69, 9.17) is 9.47 Å². The molecule has 0 saturated heterocycles. The van der Waals surface area contributed by atoms with Crippen molar-refractivity contribution in [3.05, 3.63) is 122 Å². The maximum atomic E-state index is 13.1. The number of hydrogen-bond donors (Lipinski definition) is 2. The molecule has 1 atom stereocenters. The first-order chi connectivity index (χ1) is 20.6. The second-order valence-corrected chi connectivity index (χ2v) is 13.1. The van der Waals surface area contributed by atoms with Crippen LogP contribution in [0.5, 0.6) is 11.5 Å². The van der Waals surface area contributed by atoms with E-state index in [0.29, 0.717) is 40.3 Å². The Kier molecular flexibility index (Phi) is 11.5. The molecule has 8 nitrogen and oxygen atoms in total. The van der Waals surface area contributed by atoms with Crippen LogP contribution >= 0.6 is 31.9 Å². The smallest absolute Gasteiger partial charge is 0.242 e. The number of carbonyl (C=O) groups is 1. The standard InChI is InChI=1S/C32H31Br2N3O5S/c1-3-41-30-18-24(17-28(34)32(30)42-21-23-11-13-26(33)14-12-23)20-35-36-31(38)19-29(25-7-5-4-6-8-25)37-43(39,40)27-15-9-22(2)10-16-27/h4-18,20,29,37H,3,19,21H2,1-2H3,(H,36,38)/b35-20-/t29-/m0/s1. The molecule has 11 heteroatoms. The lowest BCUT2D eigenvalue weighted by Gasteiger charge is -2.18. The number of halogens is 2. The van der Waals surface area contributed by atoms with Crippen LogP contribution in [0.1, 0.15) is 41.6 Å². The van der Waals surface area contributed by atoms with Crippen LogP contribution in [0.25, 0.3) is 0 Å². The summed E-state index contributed by atoms with van der Waals surface area (Å²) >= 11 is 6.99. The van der Waals surface area contributed by atoms with Gasteiger partial charge < -0.3 is 9.47 Å². The zero-order valence-corrected chi connectivity index (χ0v) is 27.6. The highest BCUT2D eigenvalue weighted by Crippen LogP contribution is 2.37. The fourth-order valence-electron chi connectivity index (χ4n) is 4.10. The maximum absolute atomic E-state index is 13.1. The predicted molar refractivity (Wildman–Crippen MR) is 175 cm³/mol. The van der Waals surface area contributed by atoms with E-state index in [9.17, 15) is 13.2 Å². The summed E-state index contributed by atoms with van der Waals surface area (Å²) in [5.74, 6) is 0.615. The highest BCUT2D eigenvalue weighted by atomic mass is 79.9. The molecular weight excluding hydrogens is 698 g/mol. The van der Waals surface area contributed by atoms with Gasteiger partial charge in [-0.3, -0.25) is 4.79 Å². The second kappa shape index (κ2) is 15.3. The number of hydrogen-bond acceptors (Lipinski definition) is 6. The molecule has 0 unspecified atom stereocenters. The molecule has 0 heterocycles. The number of hydrazone groups is 1. The number of amides is 1. The first kappa shape index (κ1) is 32.4. The Bertz CT molecular complexity index is 1660. The van der Waals surface area contributed by atoms with Crippen molar-refractivity contribution in [1.29, 1.82) is 0 Å². The van der Waals surface area contributed by atoms with Gasteiger partial charge in [0.25, 0.3) is 0 Å². The molecule has 4 aromatic rings. The van der Waals surface area contributed by atoms with E-state index in [0.717, 1.165) is 15.6 Å². The normalized spacial score (nSPS) is 12.2. The van der Waals surface area contributed by atoms with Gasteiger partial charge in [0.05, 0.1) is 28.2 Å². The van der Waals surface area contributed by atoms with Crippen molar-refractivity contribution in [3.8, 4) is 11.5 Å². The second-order valence-electron chi connectivity index (χ2n) is 9.57. The molecular formula is C32H31Br2N3O5S. The highest BCUT2D eigenvalue weighted by Gasteiger charge is 2.24. The Balaban J connectivity index is 1.44. The zero-order chi connectivity index (χ0) is 30.8. The van der Waals surface area contributed by atoms with E-state index in [2.05, 4.69) is 47.1 Å². The summed E-state index contributed by atoms with van der Waals surface area (Å²) < 4.78 is 42.4. The predicted octanol–water partition coefficient (Wildman–Crippen LogP) is 7.06. The van der Waals surface area contributed by atoms with E-state index < -0.39 is 22.0 Å². The van der Waals surface area contributed by atoms with Crippen LogP contribution in [-0.4, -0.2) is 27.1 Å². The average molecular weight is 729 g/mol. The van der Waals surface area contributed by atoms with E-state index in [-0.39, 0.29) is 11.3 Å². The summed E-state index contributed by atoms with van der Waals surface area (Å²) in [6.07, 6.45) is 1.32. The number of rotatable bonds is 13. The van der Waals surface area contributed by atoms with E-state index in [1.165, 1.54) is 18.3 Å². The van der Waals surface area contributed by atoms with Gasteiger partial charge in [-0.1, -0.05) is 76.1 Å². The van der Waals surface area contributed by atoms with Crippen LogP contribution in [0.3, 0.4) is 0 Å². The quantitative estimate of drug-likeness (QED) is 0.113. The molecule has 4 rings (SSSR count). The third kappa shape index (κ3) is 9.49. The van der Waals surface area contributed by atoms with E-state index in [1.54, 1.807) is 48.5 Å². The summed E-state index contributed by atoms with van der Waals surface area (Å²) in [5.41, 5.74) is 5.76. The first-order valence-electron chi connectivity index (χ1n) is 13.4. The van der Waals surface area contributed by atoms with Gasteiger partial charge in [0.15, 0.2) is 11.5 Å². The summed E-state index contributed by atoms with van der Waals surface area (Å²) in [5, 5.41) is 4.10. The van der Waals surface area contributed by atoms with Gasteiger partial charge >= 0.3 is 0 Å². The van der Waals surface area contributed by atoms with Crippen molar-refractivity contribution in [2.75, 3.05) is 6.61 Å². The highest BCUT2D eigenvalue weighted by molar-refractivity contribution is 9.10. The fraction of sp³-hybridized carbons (Fsp3) is 0.188. The largest absolute Gasteiger partial charge is 0.490 e. The molecule has 0 aliphatic heterocycles. The van der Waals surface area contributed by atoms with Crippen LogP contribution in [0.4, 0.5) is 0 Å². The summed E-state index contributed by atoms with van der Waals surface area (Å²) in [6, 6.07) is 26.1. The molecule has 0 fully saturated rings. The Morgan fingerprint density at radius 3 is 2.33 bits per heavy atom. The van der Waals surface area contributed by atoms with Gasteiger partial charge in [-0.05, 0) is 82.9 Å². The van der Waals surface area contributed by atoms with Crippen LogP contribution in [0.2, 0.25) is 0 Å². The topological polar surface area (TPSA) is 106 Å². The van der Waals surface area contributed by atoms with Crippen molar-refractivity contribution in [2.24, 2.45) is 5.10 Å². The SMILES string of the molecule is CCOc1cc(/C=N\NC(=O)C[C@H](NS(=O)(=O)c2ccc(C)cc2)c2ccccc2)cc(Br)c1OCc1ccc(Br)cc1. The number of benzene rings is 4. The van der Waals surface area contributed by atoms with Gasteiger partial charge in [0.1, 0.15) is 6.61 Å². The monoisotopic (exact) mass is 727 g/mol. The lowest BCUT2D eigenvalue weighted by atomic mass is 10.0. The zero-order valence-electron chi connectivity index (χ0n) is 23.6. The first-order valence-corrected chi connectivity index (χ1v) is 16.5. The number of ether oxygens (including phenoxy) is 2. The third-order valence-electron chi connectivity index (χ3n) is 6.25. The van der Waals surface area contributed by atoms with Gasteiger partial charge in [-0.25, -0.2) is 18.6 Å². The molecule has 43 heavy (non-hydrogen) atoms. The fourth-order valence-corrected chi connectivity index (χ4v) is 6.16. The minimum Gasteiger partial charge on any atom is -0.490 e. The minimum absolute atomic E-state index is 0.123. The molecule has 0 aliphatic carbocycles. The van der Waals surface area contributed by atoms with Crippen molar-refractivity contribution in [3.63, 3.8) is 0 Å². The van der Waals surface area contributed by atoms with Crippen molar-refractivity contribution in [2.45, 2.75) is 37.8 Å².